The molecule has 0 spiro atoms. The molecule has 4 nitrogen and oxygen atoms in total. The van der Waals surface area contributed by atoms with Crippen molar-refractivity contribution < 1.29 is 10.0 Å². The molecule has 0 aliphatic heterocycles. The number of nitrogens with one attached hydrogen (secondary N) is 1. The first-order valence-electron chi connectivity index (χ1n) is 7.84. The lowest BCUT2D eigenvalue weighted by Crippen LogP contribution is -2.21. The van der Waals surface area contributed by atoms with E-state index in [4.69, 9.17) is 16.8 Å². The molecule has 0 unspecified atom stereocenters. The number of hydroxylamine groups is 1. The number of rotatable bonds is 4. The van der Waals surface area contributed by atoms with Crippen LogP contribution >= 0.6 is 11.6 Å². The second-order valence-corrected chi connectivity index (χ2v) is 6.83. The Morgan fingerprint density at radius 1 is 1.17 bits per heavy atom. The molecular formula is C18H17ClN2O2. The van der Waals surface area contributed by atoms with Crippen LogP contribution in [0.5, 0.6) is 0 Å². The molecule has 2 fully saturated rings. The fourth-order valence-electron chi connectivity index (χ4n) is 3.53. The van der Waals surface area contributed by atoms with Crippen LogP contribution in [-0.2, 0) is 4.79 Å². The van der Waals surface area contributed by atoms with Gasteiger partial charge in [-0.3, -0.25) is 15.0 Å². The quantitative estimate of drug-likeness (QED) is 0.665. The molecule has 2 N–H and O–H groups in total. The monoisotopic (exact) mass is 328 g/mol. The van der Waals surface area contributed by atoms with Crippen LogP contribution in [0.2, 0.25) is 5.02 Å². The first-order valence-corrected chi connectivity index (χ1v) is 8.22. The van der Waals surface area contributed by atoms with Crippen molar-refractivity contribution in [1.29, 1.82) is 0 Å². The molecule has 3 atom stereocenters. The Hall–Kier alpha value is -1.91. The molecule has 2 aliphatic rings. The molecule has 1 aromatic heterocycles. The predicted molar refractivity (Wildman–Crippen MR) is 86.6 cm³/mol. The van der Waals surface area contributed by atoms with Gasteiger partial charge in [-0.2, -0.15) is 0 Å². The van der Waals surface area contributed by atoms with E-state index in [1.54, 1.807) is 5.48 Å². The number of hydrogen-bond acceptors (Lipinski definition) is 3. The zero-order chi connectivity index (χ0) is 16.0. The predicted octanol–water partition coefficient (Wildman–Crippen LogP) is 3.62. The molecule has 2 aromatic rings. The molecule has 23 heavy (non-hydrogen) atoms. The van der Waals surface area contributed by atoms with Gasteiger partial charge in [0.05, 0.1) is 5.92 Å². The van der Waals surface area contributed by atoms with Gasteiger partial charge in [-0.15, -0.1) is 0 Å². The fourth-order valence-corrected chi connectivity index (χ4v) is 3.73. The van der Waals surface area contributed by atoms with Gasteiger partial charge in [0.25, 0.3) is 0 Å². The van der Waals surface area contributed by atoms with Gasteiger partial charge in [-0.05, 0) is 48.2 Å². The van der Waals surface area contributed by atoms with Crippen molar-refractivity contribution in [2.45, 2.75) is 30.6 Å². The molecule has 1 aromatic carbocycles. The van der Waals surface area contributed by atoms with E-state index in [1.165, 1.54) is 12.8 Å². The lowest BCUT2D eigenvalue weighted by Gasteiger charge is -2.04. The lowest BCUT2D eigenvalue weighted by molar-refractivity contribution is -0.130. The van der Waals surface area contributed by atoms with Crippen LogP contribution in [0.3, 0.4) is 0 Å². The summed E-state index contributed by atoms with van der Waals surface area (Å²) in [5.74, 6) is 0.0533. The Morgan fingerprint density at radius 2 is 1.91 bits per heavy atom. The number of aromatic nitrogens is 1. The summed E-state index contributed by atoms with van der Waals surface area (Å²) >= 11 is 6.09. The standard InChI is InChI=1S/C18H17ClN2O2/c19-13-3-1-2-11(8-13)15-16(17(15)18(22)21-23)12-6-7-20-14(9-12)10-4-5-10/h1-3,6-10,15-17,23H,4-5H2,(H,21,22)/t15-,16-,17-/m1/s1. The minimum atomic E-state index is -0.343. The van der Waals surface area contributed by atoms with Crippen LogP contribution in [0, 0.1) is 5.92 Å². The Balaban J connectivity index is 1.68. The Kier molecular flexibility index (Phi) is 3.58. The zero-order valence-electron chi connectivity index (χ0n) is 12.4. The summed E-state index contributed by atoms with van der Waals surface area (Å²) in [5, 5.41) is 9.70. The van der Waals surface area contributed by atoms with Crippen LogP contribution in [0.25, 0.3) is 0 Å². The summed E-state index contributed by atoms with van der Waals surface area (Å²) < 4.78 is 0. The number of halogens is 1. The van der Waals surface area contributed by atoms with E-state index in [0.29, 0.717) is 10.9 Å². The summed E-state index contributed by atoms with van der Waals surface area (Å²) in [5.41, 5.74) is 5.06. The van der Waals surface area contributed by atoms with E-state index >= 15 is 0 Å². The SMILES string of the molecule is O=C(NO)[C@@H]1[C@H](c2cccc(Cl)c2)[C@H]1c1ccnc(C2CC2)c1. The van der Waals surface area contributed by atoms with Gasteiger partial charge in [0, 0.05) is 34.7 Å². The highest BCUT2D eigenvalue weighted by atomic mass is 35.5. The number of nitrogens with zero attached hydrogens (tertiary/aromatic N) is 1. The molecule has 1 heterocycles. The minimum absolute atomic E-state index is 0.0373. The molecule has 5 heteroatoms. The number of amides is 1. The van der Waals surface area contributed by atoms with Crippen molar-refractivity contribution in [3.05, 3.63) is 64.4 Å². The topological polar surface area (TPSA) is 62.2 Å². The Bertz CT molecular complexity index is 760. The van der Waals surface area contributed by atoms with Gasteiger partial charge in [-0.1, -0.05) is 23.7 Å². The van der Waals surface area contributed by atoms with Crippen LogP contribution in [0.1, 0.15) is 47.4 Å². The van der Waals surface area contributed by atoms with E-state index in [1.807, 2.05) is 36.5 Å². The van der Waals surface area contributed by atoms with Crippen molar-refractivity contribution >= 4 is 17.5 Å². The third-order valence-corrected chi connectivity index (χ3v) is 5.09. The first kappa shape index (κ1) is 14.7. The fraction of sp³-hybridized carbons (Fsp3) is 0.333. The van der Waals surface area contributed by atoms with E-state index in [9.17, 15) is 4.79 Å². The second-order valence-electron chi connectivity index (χ2n) is 6.40. The first-order chi connectivity index (χ1) is 11.2. The number of hydrogen-bond donors (Lipinski definition) is 2. The van der Waals surface area contributed by atoms with Gasteiger partial charge in [0.2, 0.25) is 5.91 Å². The van der Waals surface area contributed by atoms with E-state index in [-0.39, 0.29) is 23.7 Å². The molecule has 4 rings (SSSR count). The molecule has 0 saturated heterocycles. The lowest BCUT2D eigenvalue weighted by atomic mass is 10.0. The third kappa shape index (κ3) is 2.73. The maximum Gasteiger partial charge on any atom is 0.247 e. The van der Waals surface area contributed by atoms with E-state index in [2.05, 4.69) is 11.1 Å². The van der Waals surface area contributed by atoms with E-state index in [0.717, 1.165) is 16.8 Å². The Morgan fingerprint density at radius 3 is 2.57 bits per heavy atom. The van der Waals surface area contributed by atoms with E-state index < -0.39 is 0 Å². The maximum atomic E-state index is 12.0. The molecule has 0 bridgehead atoms. The summed E-state index contributed by atoms with van der Waals surface area (Å²) in [6, 6.07) is 11.7. The average Bonchev–Trinajstić information content (AvgIpc) is 3.47. The normalized spacial score (nSPS) is 25.9. The molecule has 0 radical (unpaired) electrons. The smallest absolute Gasteiger partial charge is 0.247 e. The largest absolute Gasteiger partial charge is 0.289 e. The molecule has 2 aliphatic carbocycles. The van der Waals surface area contributed by atoms with Crippen LogP contribution < -0.4 is 5.48 Å². The van der Waals surface area contributed by atoms with Gasteiger partial charge in [0.1, 0.15) is 0 Å². The number of carbonyl (C=O) groups excluding carboxylic acids is 1. The third-order valence-electron chi connectivity index (χ3n) is 4.85. The van der Waals surface area contributed by atoms with Gasteiger partial charge in [0.15, 0.2) is 0 Å². The van der Waals surface area contributed by atoms with Gasteiger partial charge in [-0.25, -0.2) is 5.48 Å². The zero-order valence-corrected chi connectivity index (χ0v) is 13.2. The van der Waals surface area contributed by atoms with Crippen LogP contribution in [0.15, 0.2) is 42.6 Å². The van der Waals surface area contributed by atoms with Crippen molar-refractivity contribution in [2.75, 3.05) is 0 Å². The minimum Gasteiger partial charge on any atom is -0.289 e. The number of benzene rings is 1. The summed E-state index contributed by atoms with van der Waals surface area (Å²) in [6.07, 6.45) is 4.21. The highest BCUT2D eigenvalue weighted by Gasteiger charge is 2.56. The molecule has 2 saturated carbocycles. The number of pyridine rings is 1. The average molecular weight is 329 g/mol. The van der Waals surface area contributed by atoms with Gasteiger partial charge < -0.3 is 0 Å². The van der Waals surface area contributed by atoms with Crippen molar-refractivity contribution in [1.82, 2.24) is 10.5 Å². The molecule has 1 amide bonds. The molecule has 118 valence electrons. The van der Waals surface area contributed by atoms with Crippen LogP contribution in [-0.4, -0.2) is 16.1 Å². The van der Waals surface area contributed by atoms with Crippen molar-refractivity contribution in [3.63, 3.8) is 0 Å². The highest BCUT2D eigenvalue weighted by Crippen LogP contribution is 2.61. The van der Waals surface area contributed by atoms with Crippen molar-refractivity contribution in [2.24, 2.45) is 5.92 Å². The highest BCUT2D eigenvalue weighted by molar-refractivity contribution is 6.30. The summed E-state index contributed by atoms with van der Waals surface area (Å²) in [4.78, 5) is 16.5. The Labute approximate surface area is 139 Å². The van der Waals surface area contributed by atoms with Gasteiger partial charge >= 0.3 is 0 Å². The number of carbonyl (C=O) groups is 1. The molecular weight excluding hydrogens is 312 g/mol. The summed E-state index contributed by atoms with van der Waals surface area (Å²) in [7, 11) is 0. The van der Waals surface area contributed by atoms with Crippen molar-refractivity contribution in [3.8, 4) is 0 Å². The summed E-state index contributed by atoms with van der Waals surface area (Å²) in [6.45, 7) is 0. The second kappa shape index (κ2) is 5.62. The van der Waals surface area contributed by atoms with Crippen LogP contribution in [0.4, 0.5) is 0 Å². The maximum absolute atomic E-state index is 12.0.